The van der Waals surface area contributed by atoms with Crippen LogP contribution in [0.25, 0.3) is 0 Å². The van der Waals surface area contributed by atoms with Gasteiger partial charge in [0.15, 0.2) is 16.5 Å². The molecule has 0 atom stereocenters. The fourth-order valence-corrected chi connectivity index (χ4v) is 2.59. The molecule has 0 aliphatic heterocycles. The van der Waals surface area contributed by atoms with E-state index < -0.39 is 0 Å². The highest BCUT2D eigenvalue weighted by atomic mass is 32.1. The Balaban J connectivity index is 2.25. The predicted molar refractivity (Wildman–Crippen MR) is 80.6 cm³/mol. The van der Waals surface area contributed by atoms with Gasteiger partial charge in [-0.1, -0.05) is 23.5 Å². The van der Waals surface area contributed by atoms with Gasteiger partial charge in [0, 0.05) is 5.56 Å². The van der Waals surface area contributed by atoms with Crippen molar-refractivity contribution in [2.45, 2.75) is 26.9 Å². The molecule has 1 heterocycles. The first-order valence-electron chi connectivity index (χ1n) is 6.34. The minimum absolute atomic E-state index is 0.398. The molecule has 5 heteroatoms. The molecule has 0 fully saturated rings. The maximum atomic E-state index is 5.90. The van der Waals surface area contributed by atoms with Crippen LogP contribution in [0.2, 0.25) is 0 Å². The Kier molecular flexibility index (Phi) is 4.74. The average Bonchev–Trinajstić information content (AvgIpc) is 2.83. The summed E-state index contributed by atoms with van der Waals surface area (Å²) in [7, 11) is 1.65. The number of methoxy groups -OCH3 is 1. The molecule has 0 spiro atoms. The van der Waals surface area contributed by atoms with Gasteiger partial charge < -0.3 is 9.47 Å². The zero-order valence-corrected chi connectivity index (χ0v) is 12.8. The predicted octanol–water partition coefficient (Wildman–Crippen LogP) is 3.47. The number of aromatic nitrogens is 2. The van der Waals surface area contributed by atoms with Crippen LogP contribution in [0.5, 0.6) is 11.5 Å². The Morgan fingerprint density at radius 1 is 1.30 bits per heavy atom. The molecule has 0 N–H and O–H groups in total. The number of ether oxygens (including phenoxy) is 2. The zero-order chi connectivity index (χ0) is 14.5. The van der Waals surface area contributed by atoms with Crippen LogP contribution in [-0.2, 0) is 13.0 Å². The minimum atomic E-state index is 0.398. The standard InChI is InChI=1S/C15H18N2O2S/c1-5-6-12-7-10(2)8-13(18-4)15(12)19-9-14-17-16-11(3)20-14/h5,7-8H,1,6,9H2,2-4H3. The van der Waals surface area contributed by atoms with Crippen LogP contribution in [0.4, 0.5) is 0 Å². The fraction of sp³-hybridized carbons (Fsp3) is 0.333. The van der Waals surface area contributed by atoms with Crippen molar-refractivity contribution in [3.8, 4) is 11.5 Å². The first kappa shape index (κ1) is 14.5. The first-order valence-corrected chi connectivity index (χ1v) is 7.16. The summed E-state index contributed by atoms with van der Waals surface area (Å²) in [6.07, 6.45) is 2.60. The van der Waals surface area contributed by atoms with Crippen molar-refractivity contribution in [1.82, 2.24) is 10.2 Å². The molecule has 106 valence electrons. The van der Waals surface area contributed by atoms with Crippen molar-refractivity contribution in [2.24, 2.45) is 0 Å². The van der Waals surface area contributed by atoms with Gasteiger partial charge in [-0.2, -0.15) is 0 Å². The lowest BCUT2D eigenvalue weighted by atomic mass is 10.1. The second kappa shape index (κ2) is 6.52. The van der Waals surface area contributed by atoms with E-state index in [9.17, 15) is 0 Å². The molecule has 20 heavy (non-hydrogen) atoms. The lowest BCUT2D eigenvalue weighted by Gasteiger charge is -2.14. The molecule has 1 aromatic carbocycles. The number of benzene rings is 1. The molecule has 0 radical (unpaired) electrons. The number of aryl methyl sites for hydroxylation is 2. The Bertz CT molecular complexity index is 608. The number of allylic oxidation sites excluding steroid dienone is 1. The van der Waals surface area contributed by atoms with Crippen molar-refractivity contribution < 1.29 is 9.47 Å². The van der Waals surface area contributed by atoms with E-state index in [1.807, 2.05) is 26.0 Å². The highest BCUT2D eigenvalue weighted by Crippen LogP contribution is 2.34. The highest BCUT2D eigenvalue weighted by molar-refractivity contribution is 7.11. The van der Waals surface area contributed by atoms with Crippen LogP contribution in [0, 0.1) is 13.8 Å². The van der Waals surface area contributed by atoms with Crippen molar-refractivity contribution in [3.05, 3.63) is 45.9 Å². The van der Waals surface area contributed by atoms with Gasteiger partial charge in [0.1, 0.15) is 11.6 Å². The van der Waals surface area contributed by atoms with E-state index in [0.717, 1.165) is 39.1 Å². The van der Waals surface area contributed by atoms with Crippen LogP contribution < -0.4 is 9.47 Å². The van der Waals surface area contributed by atoms with Gasteiger partial charge in [0.25, 0.3) is 0 Å². The molecule has 0 amide bonds. The summed E-state index contributed by atoms with van der Waals surface area (Å²) in [4.78, 5) is 0. The molecule has 2 rings (SSSR count). The Labute approximate surface area is 123 Å². The SMILES string of the molecule is C=CCc1cc(C)cc(OC)c1OCc1nnc(C)s1. The molecule has 0 unspecified atom stereocenters. The maximum absolute atomic E-state index is 5.90. The van der Waals surface area contributed by atoms with Crippen LogP contribution in [0.3, 0.4) is 0 Å². The molecular weight excluding hydrogens is 272 g/mol. The summed E-state index contributed by atoms with van der Waals surface area (Å²) in [6.45, 7) is 8.15. The smallest absolute Gasteiger partial charge is 0.165 e. The quantitative estimate of drug-likeness (QED) is 0.764. The monoisotopic (exact) mass is 290 g/mol. The topological polar surface area (TPSA) is 44.2 Å². The molecule has 0 bridgehead atoms. The third kappa shape index (κ3) is 3.36. The molecule has 0 aliphatic carbocycles. The Morgan fingerprint density at radius 2 is 2.10 bits per heavy atom. The van der Waals surface area contributed by atoms with E-state index in [2.05, 4.69) is 22.8 Å². The number of rotatable bonds is 6. The molecule has 0 saturated heterocycles. The van der Waals surface area contributed by atoms with E-state index in [1.165, 1.54) is 11.3 Å². The summed E-state index contributed by atoms with van der Waals surface area (Å²) < 4.78 is 11.3. The van der Waals surface area contributed by atoms with E-state index in [0.29, 0.717) is 6.61 Å². The Hall–Kier alpha value is -1.88. The van der Waals surface area contributed by atoms with Gasteiger partial charge in [0.2, 0.25) is 0 Å². The van der Waals surface area contributed by atoms with Gasteiger partial charge in [-0.3, -0.25) is 0 Å². The number of nitrogens with zero attached hydrogens (tertiary/aromatic N) is 2. The van der Waals surface area contributed by atoms with E-state index in [-0.39, 0.29) is 0 Å². The van der Waals surface area contributed by atoms with Gasteiger partial charge in [-0.15, -0.1) is 16.8 Å². The van der Waals surface area contributed by atoms with Crippen molar-refractivity contribution in [2.75, 3.05) is 7.11 Å². The summed E-state index contributed by atoms with van der Waals surface area (Å²) in [6, 6.07) is 4.05. The zero-order valence-electron chi connectivity index (χ0n) is 12.0. The first-order chi connectivity index (χ1) is 9.63. The van der Waals surface area contributed by atoms with Gasteiger partial charge in [-0.05, 0) is 31.9 Å². The fourth-order valence-electron chi connectivity index (χ4n) is 1.96. The van der Waals surface area contributed by atoms with Crippen molar-refractivity contribution >= 4 is 11.3 Å². The lowest BCUT2D eigenvalue weighted by molar-refractivity contribution is 0.280. The molecule has 0 saturated carbocycles. The van der Waals surface area contributed by atoms with Crippen molar-refractivity contribution in [3.63, 3.8) is 0 Å². The second-order valence-corrected chi connectivity index (χ2v) is 5.72. The van der Waals surface area contributed by atoms with E-state index in [4.69, 9.17) is 9.47 Å². The summed E-state index contributed by atoms with van der Waals surface area (Å²) in [5.41, 5.74) is 2.20. The number of hydrogen-bond donors (Lipinski definition) is 0. The van der Waals surface area contributed by atoms with E-state index in [1.54, 1.807) is 7.11 Å². The van der Waals surface area contributed by atoms with Gasteiger partial charge in [0.05, 0.1) is 7.11 Å². The average molecular weight is 290 g/mol. The van der Waals surface area contributed by atoms with Crippen LogP contribution in [0.1, 0.15) is 21.1 Å². The van der Waals surface area contributed by atoms with Gasteiger partial charge >= 0.3 is 0 Å². The molecular formula is C15H18N2O2S. The highest BCUT2D eigenvalue weighted by Gasteiger charge is 2.12. The number of hydrogen-bond acceptors (Lipinski definition) is 5. The third-order valence-corrected chi connectivity index (χ3v) is 3.58. The van der Waals surface area contributed by atoms with Crippen LogP contribution in [-0.4, -0.2) is 17.3 Å². The minimum Gasteiger partial charge on any atom is -0.493 e. The summed E-state index contributed by atoms with van der Waals surface area (Å²) in [5, 5.41) is 9.84. The van der Waals surface area contributed by atoms with Crippen LogP contribution in [0.15, 0.2) is 24.8 Å². The van der Waals surface area contributed by atoms with Crippen LogP contribution >= 0.6 is 11.3 Å². The normalized spacial score (nSPS) is 10.3. The molecule has 1 aromatic heterocycles. The Morgan fingerprint density at radius 3 is 2.70 bits per heavy atom. The maximum Gasteiger partial charge on any atom is 0.165 e. The summed E-state index contributed by atoms with van der Waals surface area (Å²) in [5.74, 6) is 1.49. The second-order valence-electron chi connectivity index (χ2n) is 4.45. The molecule has 4 nitrogen and oxygen atoms in total. The summed E-state index contributed by atoms with van der Waals surface area (Å²) >= 11 is 1.53. The largest absolute Gasteiger partial charge is 0.493 e. The van der Waals surface area contributed by atoms with Crippen molar-refractivity contribution in [1.29, 1.82) is 0 Å². The van der Waals surface area contributed by atoms with E-state index >= 15 is 0 Å². The third-order valence-electron chi connectivity index (χ3n) is 2.77. The lowest BCUT2D eigenvalue weighted by Crippen LogP contribution is -2.01. The van der Waals surface area contributed by atoms with Gasteiger partial charge in [-0.25, -0.2) is 0 Å². The molecule has 0 aliphatic rings. The molecule has 2 aromatic rings.